The summed E-state index contributed by atoms with van der Waals surface area (Å²) in [6.07, 6.45) is 2.98. The summed E-state index contributed by atoms with van der Waals surface area (Å²) in [7, 11) is 0. The zero-order valence-corrected chi connectivity index (χ0v) is 5.91. The van der Waals surface area contributed by atoms with Gasteiger partial charge in [0.1, 0.15) is 0 Å². The van der Waals surface area contributed by atoms with Crippen LogP contribution in [0.2, 0.25) is 0 Å². The Morgan fingerprint density at radius 2 is 2.44 bits per heavy atom. The van der Waals surface area contributed by atoms with Crippen LogP contribution in [0.15, 0.2) is 24.8 Å². The lowest BCUT2D eigenvalue weighted by Gasteiger charge is -2.07. The van der Waals surface area contributed by atoms with Crippen LogP contribution in [-0.2, 0) is 0 Å². The minimum absolute atomic E-state index is 0.120. The Morgan fingerprint density at radius 3 is 2.56 bits per heavy atom. The Labute approximate surface area is 56.5 Å². The van der Waals surface area contributed by atoms with Crippen molar-refractivity contribution in [3.8, 4) is 0 Å². The summed E-state index contributed by atoms with van der Waals surface area (Å²) in [5.41, 5.74) is 1.37. The molecule has 0 aromatic heterocycles. The minimum atomic E-state index is 0.120. The summed E-state index contributed by atoms with van der Waals surface area (Å²) in [5.74, 6) is 0. The van der Waals surface area contributed by atoms with Crippen LogP contribution in [0.25, 0.3) is 0 Å². The van der Waals surface area contributed by atoms with Crippen LogP contribution in [0.3, 0.4) is 0 Å². The van der Waals surface area contributed by atoms with Crippen LogP contribution >= 0.6 is 0 Å². The monoisotopic (exact) mass is 123 g/mol. The van der Waals surface area contributed by atoms with E-state index in [1.54, 1.807) is 0 Å². The lowest BCUT2D eigenvalue weighted by molar-refractivity contribution is 0.856. The molecule has 1 heterocycles. The molecule has 1 fully saturated rings. The smallest absolute Gasteiger partial charge is 0.0702 e. The Bertz CT molecular complexity index is 143. The molecule has 50 valence electrons. The third kappa shape index (κ3) is 0.924. The van der Waals surface area contributed by atoms with Gasteiger partial charge in [0.25, 0.3) is 0 Å². The van der Waals surface area contributed by atoms with Crippen molar-refractivity contribution in [3.05, 3.63) is 24.8 Å². The molecule has 0 aromatic rings. The molecule has 1 aliphatic rings. The van der Waals surface area contributed by atoms with E-state index in [2.05, 4.69) is 25.4 Å². The molecule has 1 unspecified atom stereocenters. The molecule has 1 nitrogen and oxygen atoms in total. The van der Waals surface area contributed by atoms with Gasteiger partial charge in [-0.25, -0.2) is 0 Å². The summed E-state index contributed by atoms with van der Waals surface area (Å²) < 4.78 is 0. The van der Waals surface area contributed by atoms with Crippen LogP contribution < -0.4 is 5.32 Å². The van der Waals surface area contributed by atoms with E-state index < -0.39 is 0 Å². The molecule has 0 aromatic carbocycles. The van der Waals surface area contributed by atoms with Gasteiger partial charge < -0.3 is 5.32 Å². The van der Waals surface area contributed by atoms with E-state index in [0.717, 1.165) is 13.0 Å². The van der Waals surface area contributed by atoms with Crippen LogP contribution in [0.4, 0.5) is 0 Å². The van der Waals surface area contributed by atoms with E-state index >= 15 is 0 Å². The molecule has 1 rings (SSSR count). The quantitative estimate of drug-likeness (QED) is 0.445. The predicted octanol–water partition coefficient (Wildman–Crippen LogP) is 1.48. The van der Waals surface area contributed by atoms with Gasteiger partial charge in [-0.1, -0.05) is 25.2 Å². The average Bonchev–Trinajstić information content (AvgIpc) is 2.66. The molecule has 1 heteroatoms. The Morgan fingerprint density at radius 1 is 1.89 bits per heavy atom. The van der Waals surface area contributed by atoms with E-state index in [0.29, 0.717) is 0 Å². The molecular formula is C8H13N. The number of hydrogen-bond donors (Lipinski definition) is 1. The van der Waals surface area contributed by atoms with Gasteiger partial charge in [-0.15, -0.1) is 6.58 Å². The highest BCUT2D eigenvalue weighted by molar-refractivity contribution is 5.34. The third-order valence-electron chi connectivity index (χ3n) is 1.96. The predicted molar refractivity (Wildman–Crippen MR) is 40.4 cm³/mol. The maximum Gasteiger partial charge on any atom is 0.0702 e. The zero-order valence-electron chi connectivity index (χ0n) is 5.91. The van der Waals surface area contributed by atoms with E-state index in [9.17, 15) is 0 Å². The van der Waals surface area contributed by atoms with Gasteiger partial charge in [0, 0.05) is 6.54 Å². The fraction of sp³-hybridized carbons (Fsp3) is 0.500. The van der Waals surface area contributed by atoms with Crippen LogP contribution in [0.1, 0.15) is 13.3 Å². The minimum Gasteiger partial charge on any atom is -0.301 e. The van der Waals surface area contributed by atoms with Gasteiger partial charge in [-0.3, -0.25) is 0 Å². The zero-order chi connectivity index (χ0) is 6.91. The number of hydrogen-bond acceptors (Lipinski definition) is 1. The molecule has 0 bridgehead atoms. The topological polar surface area (TPSA) is 21.9 Å². The largest absolute Gasteiger partial charge is 0.301 e. The molecule has 0 spiro atoms. The van der Waals surface area contributed by atoms with E-state index in [1.807, 2.05) is 6.08 Å². The molecule has 1 atom stereocenters. The molecule has 1 N–H and O–H groups in total. The van der Waals surface area contributed by atoms with Crippen molar-refractivity contribution >= 4 is 0 Å². The first-order chi connectivity index (χ1) is 4.25. The second-order valence-corrected chi connectivity index (χ2v) is 2.49. The third-order valence-corrected chi connectivity index (χ3v) is 1.96. The lowest BCUT2D eigenvalue weighted by Crippen LogP contribution is -2.13. The Balaban J connectivity index is 2.59. The highest BCUT2D eigenvalue weighted by atomic mass is 15.2. The summed E-state index contributed by atoms with van der Waals surface area (Å²) >= 11 is 0. The van der Waals surface area contributed by atoms with Gasteiger partial charge >= 0.3 is 0 Å². The SMILES string of the molecule is C=CC1(C(=C)CC)CN1. The average molecular weight is 123 g/mol. The maximum absolute atomic E-state index is 3.94. The standard InChI is InChI=1S/C8H13N/c1-4-7(3)8(5-2)6-9-8/h5,9H,2-4,6H2,1H3. The van der Waals surface area contributed by atoms with Crippen molar-refractivity contribution in [2.24, 2.45) is 0 Å². The van der Waals surface area contributed by atoms with E-state index in [-0.39, 0.29) is 5.54 Å². The first kappa shape index (κ1) is 6.56. The molecule has 9 heavy (non-hydrogen) atoms. The van der Waals surface area contributed by atoms with Gasteiger partial charge in [-0.05, 0) is 6.42 Å². The van der Waals surface area contributed by atoms with Crippen molar-refractivity contribution in [1.29, 1.82) is 0 Å². The lowest BCUT2D eigenvalue weighted by atomic mass is 9.99. The van der Waals surface area contributed by atoms with E-state index in [4.69, 9.17) is 0 Å². The summed E-state index contributed by atoms with van der Waals surface area (Å²) in [6, 6.07) is 0. The second kappa shape index (κ2) is 1.99. The molecule has 1 aliphatic heterocycles. The highest BCUT2D eigenvalue weighted by Crippen LogP contribution is 2.28. The molecular weight excluding hydrogens is 110 g/mol. The van der Waals surface area contributed by atoms with Gasteiger partial charge in [0.2, 0.25) is 0 Å². The fourth-order valence-corrected chi connectivity index (χ4v) is 0.949. The van der Waals surface area contributed by atoms with Crippen molar-refractivity contribution in [3.63, 3.8) is 0 Å². The van der Waals surface area contributed by atoms with Crippen LogP contribution in [-0.4, -0.2) is 12.1 Å². The summed E-state index contributed by atoms with van der Waals surface area (Å²) in [6.45, 7) is 10.8. The Hall–Kier alpha value is -0.560. The van der Waals surface area contributed by atoms with Crippen molar-refractivity contribution in [2.45, 2.75) is 18.9 Å². The number of rotatable bonds is 3. The number of nitrogens with one attached hydrogen (secondary N) is 1. The molecule has 0 aliphatic carbocycles. The van der Waals surface area contributed by atoms with Crippen molar-refractivity contribution < 1.29 is 0 Å². The van der Waals surface area contributed by atoms with Crippen molar-refractivity contribution in [2.75, 3.05) is 6.54 Å². The molecule has 0 radical (unpaired) electrons. The van der Waals surface area contributed by atoms with Gasteiger partial charge in [0.15, 0.2) is 0 Å². The second-order valence-electron chi connectivity index (χ2n) is 2.49. The highest BCUT2D eigenvalue weighted by Gasteiger charge is 2.40. The fourth-order valence-electron chi connectivity index (χ4n) is 0.949. The summed E-state index contributed by atoms with van der Waals surface area (Å²) in [5, 5.41) is 3.23. The van der Waals surface area contributed by atoms with Crippen LogP contribution in [0.5, 0.6) is 0 Å². The van der Waals surface area contributed by atoms with Crippen LogP contribution in [0, 0.1) is 0 Å². The van der Waals surface area contributed by atoms with Gasteiger partial charge in [-0.2, -0.15) is 0 Å². The first-order valence-electron chi connectivity index (χ1n) is 3.32. The normalized spacial score (nSPS) is 31.7. The summed E-state index contributed by atoms with van der Waals surface area (Å²) in [4.78, 5) is 0. The maximum atomic E-state index is 3.94. The van der Waals surface area contributed by atoms with Crippen molar-refractivity contribution in [1.82, 2.24) is 5.32 Å². The molecule has 1 saturated heterocycles. The molecule has 0 amide bonds. The first-order valence-corrected chi connectivity index (χ1v) is 3.32. The van der Waals surface area contributed by atoms with E-state index in [1.165, 1.54) is 5.57 Å². The van der Waals surface area contributed by atoms with Gasteiger partial charge in [0.05, 0.1) is 5.54 Å². The molecule has 0 saturated carbocycles. The Kier molecular flexibility index (Phi) is 1.45.